The maximum Gasteiger partial charge on any atom is 0.326 e. The number of esters is 1. The quantitative estimate of drug-likeness (QED) is 0.551. The molecule has 1 amide bonds. The number of carbonyl (C=O) groups excluding carboxylic acids is 2. The molecule has 1 heterocycles. The molecule has 29 heavy (non-hydrogen) atoms. The zero-order valence-corrected chi connectivity index (χ0v) is 18.0. The van der Waals surface area contributed by atoms with Crippen LogP contribution in [0.1, 0.15) is 18.1 Å². The van der Waals surface area contributed by atoms with E-state index >= 15 is 0 Å². The van der Waals surface area contributed by atoms with Crippen LogP contribution < -0.4 is 9.54 Å². The summed E-state index contributed by atoms with van der Waals surface area (Å²) in [5, 5.41) is 0.587. The van der Waals surface area contributed by atoms with Crippen LogP contribution in [0.2, 0.25) is 5.02 Å². The molecule has 3 aromatic rings. The number of rotatable bonds is 6. The van der Waals surface area contributed by atoms with Crippen molar-refractivity contribution in [3.8, 4) is 5.75 Å². The molecule has 1 aromatic heterocycles. The van der Waals surface area contributed by atoms with E-state index in [-0.39, 0.29) is 19.1 Å². The van der Waals surface area contributed by atoms with Gasteiger partial charge in [-0.25, -0.2) is 0 Å². The van der Waals surface area contributed by atoms with Crippen LogP contribution in [0.15, 0.2) is 41.4 Å². The van der Waals surface area contributed by atoms with Gasteiger partial charge in [0.1, 0.15) is 12.3 Å². The van der Waals surface area contributed by atoms with Gasteiger partial charge in [0.15, 0.2) is 11.4 Å². The summed E-state index contributed by atoms with van der Waals surface area (Å²) in [6.45, 7) is 5.84. The van der Waals surface area contributed by atoms with Crippen LogP contribution in [-0.4, -0.2) is 29.7 Å². The Morgan fingerprint density at radius 2 is 1.83 bits per heavy atom. The highest BCUT2D eigenvalue weighted by molar-refractivity contribution is 7.16. The molecular weight excluding hydrogens is 412 g/mol. The molecular formula is C21H21ClN2O4S. The Hall–Kier alpha value is -2.64. The molecule has 0 spiro atoms. The summed E-state index contributed by atoms with van der Waals surface area (Å²) in [6.07, 6.45) is 0. The van der Waals surface area contributed by atoms with Crippen molar-refractivity contribution in [1.29, 1.82) is 0 Å². The fraction of sp³-hybridized carbons (Fsp3) is 0.286. The monoisotopic (exact) mass is 432 g/mol. The molecule has 0 radical (unpaired) electrons. The van der Waals surface area contributed by atoms with Crippen molar-refractivity contribution in [1.82, 2.24) is 4.57 Å². The standard InChI is InChI=1S/C21H21ClN2O4S/c1-4-27-20(26)11-24-17-9-13(2)14(3)10-18(17)29-21(24)23-19(25)12-28-16-7-5-15(22)6-8-16/h5-10H,4,11-12H2,1-3H3. The third-order valence-electron chi connectivity index (χ3n) is 4.29. The second kappa shape index (κ2) is 9.24. The van der Waals surface area contributed by atoms with Gasteiger partial charge in [-0.05, 0) is 68.3 Å². The van der Waals surface area contributed by atoms with E-state index in [1.807, 2.05) is 26.0 Å². The summed E-state index contributed by atoms with van der Waals surface area (Å²) < 4.78 is 13.2. The molecule has 0 aliphatic rings. The second-order valence-corrected chi connectivity index (χ2v) is 7.87. The van der Waals surface area contributed by atoms with Crippen molar-refractivity contribution in [2.75, 3.05) is 13.2 Å². The van der Waals surface area contributed by atoms with Crippen LogP contribution in [-0.2, 0) is 20.9 Å². The number of ether oxygens (including phenoxy) is 2. The lowest BCUT2D eigenvalue weighted by Gasteiger charge is -2.07. The number of aryl methyl sites for hydroxylation is 2. The summed E-state index contributed by atoms with van der Waals surface area (Å²) in [4.78, 5) is 29.1. The lowest BCUT2D eigenvalue weighted by atomic mass is 10.1. The number of thiazole rings is 1. The molecule has 0 saturated heterocycles. The molecule has 6 nitrogen and oxygen atoms in total. The van der Waals surface area contributed by atoms with Crippen molar-refractivity contribution in [3.63, 3.8) is 0 Å². The second-order valence-electron chi connectivity index (χ2n) is 6.43. The summed E-state index contributed by atoms with van der Waals surface area (Å²) in [6, 6.07) is 10.8. The first kappa shape index (κ1) is 21.1. The number of fused-ring (bicyclic) bond motifs is 1. The summed E-state index contributed by atoms with van der Waals surface area (Å²) in [7, 11) is 0. The van der Waals surface area contributed by atoms with Gasteiger partial charge < -0.3 is 14.0 Å². The van der Waals surface area contributed by atoms with Gasteiger partial charge in [-0.2, -0.15) is 4.99 Å². The number of nitrogens with zero attached hydrogens (tertiary/aromatic N) is 2. The molecule has 0 atom stereocenters. The average Bonchev–Trinajstić information content (AvgIpc) is 2.98. The molecule has 0 aliphatic carbocycles. The molecule has 2 aromatic carbocycles. The largest absolute Gasteiger partial charge is 0.484 e. The maximum absolute atomic E-state index is 12.4. The van der Waals surface area contributed by atoms with Crippen LogP contribution in [0, 0.1) is 13.8 Å². The van der Waals surface area contributed by atoms with Gasteiger partial charge in [-0.1, -0.05) is 22.9 Å². The summed E-state index contributed by atoms with van der Waals surface area (Å²) in [5.74, 6) is -0.297. The predicted molar refractivity (Wildman–Crippen MR) is 113 cm³/mol. The van der Waals surface area contributed by atoms with E-state index in [9.17, 15) is 9.59 Å². The van der Waals surface area contributed by atoms with E-state index in [0.29, 0.717) is 22.2 Å². The van der Waals surface area contributed by atoms with Crippen molar-refractivity contribution >= 4 is 45.0 Å². The van der Waals surface area contributed by atoms with Crippen LogP contribution >= 0.6 is 22.9 Å². The van der Waals surface area contributed by atoms with Crippen LogP contribution in [0.4, 0.5) is 0 Å². The maximum atomic E-state index is 12.4. The van der Waals surface area contributed by atoms with Crippen molar-refractivity contribution in [2.45, 2.75) is 27.3 Å². The van der Waals surface area contributed by atoms with E-state index in [1.54, 1.807) is 35.8 Å². The van der Waals surface area contributed by atoms with Crippen LogP contribution in [0.25, 0.3) is 10.2 Å². The number of hydrogen-bond acceptors (Lipinski definition) is 5. The topological polar surface area (TPSA) is 69.9 Å². The van der Waals surface area contributed by atoms with E-state index < -0.39 is 5.91 Å². The first-order chi connectivity index (χ1) is 13.9. The van der Waals surface area contributed by atoms with E-state index in [4.69, 9.17) is 21.1 Å². The lowest BCUT2D eigenvalue weighted by Crippen LogP contribution is -2.24. The first-order valence-electron chi connectivity index (χ1n) is 9.09. The summed E-state index contributed by atoms with van der Waals surface area (Å²) in [5.41, 5.74) is 3.07. The van der Waals surface area contributed by atoms with Crippen LogP contribution in [0.5, 0.6) is 5.75 Å². The molecule has 152 valence electrons. The predicted octanol–water partition coefficient (Wildman–Crippen LogP) is 4.04. The van der Waals surface area contributed by atoms with Gasteiger partial charge in [0.2, 0.25) is 0 Å². The zero-order chi connectivity index (χ0) is 21.0. The van der Waals surface area contributed by atoms with Gasteiger partial charge in [-0.3, -0.25) is 9.59 Å². The number of halogens is 1. The molecule has 0 fully saturated rings. The Morgan fingerprint density at radius 1 is 1.14 bits per heavy atom. The third-order valence-corrected chi connectivity index (χ3v) is 5.58. The van der Waals surface area contributed by atoms with E-state index in [0.717, 1.165) is 21.3 Å². The third kappa shape index (κ3) is 5.25. The fourth-order valence-corrected chi connectivity index (χ4v) is 3.96. The van der Waals surface area contributed by atoms with Gasteiger partial charge in [0.25, 0.3) is 5.91 Å². The van der Waals surface area contributed by atoms with Crippen molar-refractivity contribution < 1.29 is 19.1 Å². The minimum atomic E-state index is -0.447. The smallest absolute Gasteiger partial charge is 0.326 e. The fourth-order valence-electron chi connectivity index (χ4n) is 2.71. The highest BCUT2D eigenvalue weighted by atomic mass is 35.5. The SMILES string of the molecule is CCOC(=O)Cn1c(=NC(=O)COc2ccc(Cl)cc2)sc2cc(C)c(C)cc21. The molecule has 0 aliphatic heterocycles. The molecule has 0 saturated carbocycles. The average molecular weight is 433 g/mol. The molecule has 0 N–H and O–H groups in total. The number of carbonyl (C=O) groups is 2. The van der Waals surface area contributed by atoms with E-state index in [1.165, 1.54) is 11.3 Å². The Kier molecular flexibility index (Phi) is 6.71. The van der Waals surface area contributed by atoms with E-state index in [2.05, 4.69) is 4.99 Å². The highest BCUT2D eigenvalue weighted by Crippen LogP contribution is 2.22. The highest BCUT2D eigenvalue weighted by Gasteiger charge is 2.13. The number of aromatic nitrogens is 1. The number of hydrogen-bond donors (Lipinski definition) is 0. The minimum Gasteiger partial charge on any atom is -0.484 e. The Labute approximate surface area is 177 Å². The van der Waals surface area contributed by atoms with Crippen LogP contribution in [0.3, 0.4) is 0 Å². The first-order valence-corrected chi connectivity index (χ1v) is 10.3. The Bertz CT molecular complexity index is 1120. The van der Waals surface area contributed by atoms with Crippen molar-refractivity contribution in [2.24, 2.45) is 4.99 Å². The molecule has 0 unspecified atom stereocenters. The molecule has 8 heteroatoms. The Balaban J connectivity index is 1.92. The lowest BCUT2D eigenvalue weighted by molar-refractivity contribution is -0.143. The van der Waals surface area contributed by atoms with Gasteiger partial charge in [-0.15, -0.1) is 0 Å². The normalized spacial score (nSPS) is 11.7. The Morgan fingerprint density at radius 3 is 2.52 bits per heavy atom. The van der Waals surface area contributed by atoms with Gasteiger partial charge >= 0.3 is 5.97 Å². The molecule has 3 rings (SSSR count). The van der Waals surface area contributed by atoms with Crippen molar-refractivity contribution in [3.05, 3.63) is 57.3 Å². The minimum absolute atomic E-state index is 0.0134. The number of benzene rings is 2. The van der Waals surface area contributed by atoms with Gasteiger partial charge in [0.05, 0.1) is 16.8 Å². The number of amides is 1. The zero-order valence-electron chi connectivity index (χ0n) is 16.4. The summed E-state index contributed by atoms with van der Waals surface area (Å²) >= 11 is 7.20. The molecule has 0 bridgehead atoms. The van der Waals surface area contributed by atoms with Gasteiger partial charge in [0, 0.05) is 5.02 Å².